The summed E-state index contributed by atoms with van der Waals surface area (Å²) in [4.78, 5) is 9.46. The van der Waals surface area contributed by atoms with Gasteiger partial charge in [0.1, 0.15) is 0 Å². The predicted molar refractivity (Wildman–Crippen MR) is 49.7 cm³/mol. The van der Waals surface area contributed by atoms with Crippen molar-refractivity contribution < 1.29 is 4.79 Å². The Balaban J connectivity index is 0.000000217. The molecule has 1 rings (SSSR count). The molecule has 0 atom stereocenters. The summed E-state index contributed by atoms with van der Waals surface area (Å²) in [5, 5.41) is 4.51. The number of nitrogens with one attached hydrogen (secondary N) is 1. The first-order valence-corrected chi connectivity index (χ1v) is 4.07. The highest BCUT2D eigenvalue weighted by Crippen LogP contribution is 1.79. The van der Waals surface area contributed by atoms with E-state index in [1.807, 2.05) is 5.01 Å². The smallest absolute Gasteiger partial charge is 0.244 e. The number of hydrogen-bond acceptors (Lipinski definition) is 4. The number of rotatable bonds is 1. The Morgan fingerprint density at radius 1 is 1.58 bits per heavy atom. The van der Waals surface area contributed by atoms with E-state index in [4.69, 9.17) is 17.4 Å². The first-order chi connectivity index (χ1) is 5.66. The van der Waals surface area contributed by atoms with E-state index < -0.39 is 5.24 Å². The molecule has 4 nitrogen and oxygen atoms in total. The lowest BCUT2D eigenvalue weighted by molar-refractivity contribution is -0.107. The van der Waals surface area contributed by atoms with E-state index in [0.29, 0.717) is 0 Å². The molecular weight excluding hydrogens is 178 g/mol. The van der Waals surface area contributed by atoms with Gasteiger partial charge in [0, 0.05) is 26.2 Å². The lowest BCUT2D eigenvalue weighted by Gasteiger charge is -2.21. The van der Waals surface area contributed by atoms with Crippen molar-refractivity contribution in [3.05, 3.63) is 12.7 Å². The van der Waals surface area contributed by atoms with E-state index in [1.54, 1.807) is 0 Å². The van der Waals surface area contributed by atoms with Crippen LogP contribution in [-0.2, 0) is 4.79 Å². The van der Waals surface area contributed by atoms with Gasteiger partial charge in [-0.1, -0.05) is 6.58 Å². The fourth-order valence-corrected chi connectivity index (χ4v) is 0.682. The standard InChI is InChI=1S/C4H11N3.C3H3ClO/c5-7-3-1-6-2-4-7;1-2-3(4)5/h6H,1-5H2;2H,1H2. The highest BCUT2D eigenvalue weighted by atomic mass is 35.5. The number of nitrogens with zero attached hydrogens (tertiary/aromatic N) is 1. The molecule has 70 valence electrons. The van der Waals surface area contributed by atoms with Crippen LogP contribution >= 0.6 is 11.6 Å². The van der Waals surface area contributed by atoms with E-state index in [9.17, 15) is 4.79 Å². The molecule has 0 spiro atoms. The maximum atomic E-state index is 9.46. The van der Waals surface area contributed by atoms with Crippen molar-refractivity contribution in [1.29, 1.82) is 0 Å². The van der Waals surface area contributed by atoms with Crippen LogP contribution < -0.4 is 11.2 Å². The monoisotopic (exact) mass is 191 g/mol. The zero-order chi connectivity index (χ0) is 9.40. The summed E-state index contributed by atoms with van der Waals surface area (Å²) in [6, 6.07) is 0. The van der Waals surface area contributed by atoms with Gasteiger partial charge in [-0.05, 0) is 17.7 Å². The Kier molecular flexibility index (Phi) is 6.99. The predicted octanol–water partition coefficient (Wildman–Crippen LogP) is -0.297. The molecule has 0 radical (unpaired) electrons. The van der Waals surface area contributed by atoms with Crippen molar-refractivity contribution in [3.63, 3.8) is 0 Å². The molecule has 0 unspecified atom stereocenters. The van der Waals surface area contributed by atoms with Crippen LogP contribution in [0.5, 0.6) is 0 Å². The van der Waals surface area contributed by atoms with Crippen LogP contribution in [0.1, 0.15) is 0 Å². The molecule has 1 saturated heterocycles. The topological polar surface area (TPSA) is 58.4 Å². The van der Waals surface area contributed by atoms with Crippen molar-refractivity contribution in [2.24, 2.45) is 5.84 Å². The van der Waals surface area contributed by atoms with E-state index in [-0.39, 0.29) is 0 Å². The second-order valence-electron chi connectivity index (χ2n) is 2.29. The lowest BCUT2D eigenvalue weighted by atomic mass is 10.4. The molecule has 3 N–H and O–H groups in total. The number of piperazine rings is 1. The molecule has 0 bridgehead atoms. The maximum absolute atomic E-state index is 9.46. The zero-order valence-corrected chi connectivity index (χ0v) is 7.68. The highest BCUT2D eigenvalue weighted by molar-refractivity contribution is 6.66. The number of hydrogen-bond donors (Lipinski definition) is 2. The third-order valence-electron chi connectivity index (χ3n) is 1.31. The number of nitrogens with two attached hydrogens (primary N) is 1. The lowest BCUT2D eigenvalue weighted by Crippen LogP contribution is -2.47. The number of carbonyl (C=O) groups excluding carboxylic acids is 1. The molecule has 1 fully saturated rings. The fourth-order valence-electron chi connectivity index (χ4n) is 0.682. The van der Waals surface area contributed by atoms with Crippen LogP contribution in [0, 0.1) is 0 Å². The minimum atomic E-state index is -0.509. The molecule has 0 aliphatic carbocycles. The Hall–Kier alpha value is -0.420. The van der Waals surface area contributed by atoms with Crippen molar-refractivity contribution in [2.45, 2.75) is 0 Å². The molecule has 0 saturated carbocycles. The molecular formula is C7H14ClN3O. The molecule has 1 aliphatic heterocycles. The van der Waals surface area contributed by atoms with Gasteiger partial charge in [-0.3, -0.25) is 10.6 Å². The summed E-state index contributed by atoms with van der Waals surface area (Å²) in [5.41, 5.74) is 0. The minimum Gasteiger partial charge on any atom is -0.314 e. The van der Waals surface area contributed by atoms with E-state index in [0.717, 1.165) is 32.3 Å². The summed E-state index contributed by atoms with van der Waals surface area (Å²) >= 11 is 4.71. The van der Waals surface area contributed by atoms with Gasteiger partial charge in [0.05, 0.1) is 0 Å². The number of halogens is 1. The molecule has 12 heavy (non-hydrogen) atoms. The second kappa shape index (κ2) is 7.24. The fraction of sp³-hybridized carbons (Fsp3) is 0.571. The molecule has 5 heteroatoms. The van der Waals surface area contributed by atoms with Gasteiger partial charge in [0.25, 0.3) is 0 Å². The molecule has 1 heterocycles. The molecule has 0 amide bonds. The van der Waals surface area contributed by atoms with Gasteiger partial charge in [-0.2, -0.15) is 0 Å². The normalized spacial score (nSPS) is 17.5. The van der Waals surface area contributed by atoms with Crippen LogP contribution in [0.15, 0.2) is 12.7 Å². The summed E-state index contributed by atoms with van der Waals surface area (Å²) < 4.78 is 0. The molecule has 0 aromatic rings. The van der Waals surface area contributed by atoms with E-state index >= 15 is 0 Å². The molecule has 0 aromatic carbocycles. The van der Waals surface area contributed by atoms with Gasteiger partial charge in [-0.15, -0.1) is 0 Å². The Morgan fingerprint density at radius 3 is 2.17 bits per heavy atom. The Morgan fingerprint density at radius 2 is 2.00 bits per heavy atom. The van der Waals surface area contributed by atoms with Gasteiger partial charge in [0.15, 0.2) is 0 Å². The van der Waals surface area contributed by atoms with Gasteiger partial charge < -0.3 is 5.32 Å². The third kappa shape index (κ3) is 7.68. The van der Waals surface area contributed by atoms with E-state index in [2.05, 4.69) is 11.9 Å². The quantitative estimate of drug-likeness (QED) is 0.340. The Labute approximate surface area is 77.3 Å². The first kappa shape index (κ1) is 11.6. The average molecular weight is 192 g/mol. The average Bonchev–Trinajstić information content (AvgIpc) is 2.07. The molecule has 1 aliphatic rings. The van der Waals surface area contributed by atoms with Crippen LogP contribution in [0.2, 0.25) is 0 Å². The first-order valence-electron chi connectivity index (χ1n) is 3.69. The van der Waals surface area contributed by atoms with Crippen LogP contribution in [-0.4, -0.2) is 36.4 Å². The summed E-state index contributed by atoms with van der Waals surface area (Å²) in [5.74, 6) is 5.43. The van der Waals surface area contributed by atoms with Crippen LogP contribution in [0.3, 0.4) is 0 Å². The van der Waals surface area contributed by atoms with E-state index in [1.165, 1.54) is 0 Å². The van der Waals surface area contributed by atoms with Crippen molar-refractivity contribution in [1.82, 2.24) is 10.3 Å². The number of hydrazine groups is 1. The van der Waals surface area contributed by atoms with Gasteiger partial charge in [-0.25, -0.2) is 5.01 Å². The van der Waals surface area contributed by atoms with Crippen LogP contribution in [0.25, 0.3) is 0 Å². The molecule has 0 aromatic heterocycles. The minimum absolute atomic E-state index is 0.509. The number of carbonyl (C=O) groups is 1. The SMILES string of the molecule is C=CC(=O)Cl.NN1CCNCC1. The van der Waals surface area contributed by atoms with Crippen molar-refractivity contribution >= 4 is 16.8 Å². The zero-order valence-electron chi connectivity index (χ0n) is 6.92. The summed E-state index contributed by atoms with van der Waals surface area (Å²) in [6.07, 6.45) is 1.04. The van der Waals surface area contributed by atoms with Crippen molar-refractivity contribution in [3.8, 4) is 0 Å². The Bertz CT molecular complexity index is 146. The summed E-state index contributed by atoms with van der Waals surface area (Å²) in [7, 11) is 0. The highest BCUT2D eigenvalue weighted by Gasteiger charge is 2.01. The van der Waals surface area contributed by atoms with Crippen molar-refractivity contribution in [2.75, 3.05) is 26.2 Å². The second-order valence-corrected chi connectivity index (χ2v) is 2.67. The third-order valence-corrected chi connectivity index (χ3v) is 1.47. The maximum Gasteiger partial charge on any atom is 0.244 e. The van der Waals surface area contributed by atoms with Gasteiger partial charge in [0.2, 0.25) is 5.24 Å². The summed E-state index contributed by atoms with van der Waals surface area (Å²) in [6.45, 7) is 7.13. The van der Waals surface area contributed by atoms with Gasteiger partial charge >= 0.3 is 0 Å². The number of allylic oxidation sites excluding steroid dienone is 1. The van der Waals surface area contributed by atoms with Crippen LogP contribution in [0.4, 0.5) is 0 Å². The largest absolute Gasteiger partial charge is 0.314 e.